The van der Waals surface area contributed by atoms with Gasteiger partial charge >= 0.3 is 0 Å². The zero-order valence-electron chi connectivity index (χ0n) is 17.2. The van der Waals surface area contributed by atoms with Crippen molar-refractivity contribution < 1.29 is 4.74 Å². The van der Waals surface area contributed by atoms with Crippen molar-refractivity contribution in [1.82, 2.24) is 25.0 Å². The van der Waals surface area contributed by atoms with Crippen molar-refractivity contribution in [2.24, 2.45) is 12.0 Å². The zero-order chi connectivity index (χ0) is 18.6. The van der Waals surface area contributed by atoms with Gasteiger partial charge in [-0.3, -0.25) is 9.67 Å². The number of hydrogen-bond acceptors (Lipinski definition) is 4. The summed E-state index contributed by atoms with van der Waals surface area (Å²) in [5, 5.41) is 7.47. The number of aliphatic imine (C=N–C) groups is 1. The number of guanidine groups is 1. The summed E-state index contributed by atoms with van der Waals surface area (Å²) in [5.74, 6) is 1.85. The second-order valence-corrected chi connectivity index (χ2v) is 7.08. The van der Waals surface area contributed by atoms with Gasteiger partial charge in [0.2, 0.25) is 0 Å². The van der Waals surface area contributed by atoms with Gasteiger partial charge < -0.3 is 15.0 Å². The third-order valence-corrected chi connectivity index (χ3v) is 4.85. The molecule has 1 aromatic rings. The first-order chi connectivity index (χ1) is 12.7. The average Bonchev–Trinajstić information content (AvgIpc) is 3.05. The molecule has 0 bridgehead atoms. The predicted molar refractivity (Wildman–Crippen MR) is 121 cm³/mol. The van der Waals surface area contributed by atoms with Crippen LogP contribution in [0.1, 0.15) is 64.1 Å². The molecule has 0 radical (unpaired) electrons. The van der Waals surface area contributed by atoms with Crippen molar-refractivity contribution in [3.05, 3.63) is 12.2 Å². The summed E-state index contributed by atoms with van der Waals surface area (Å²) < 4.78 is 7.78. The Bertz CT molecular complexity index is 530. The molecule has 8 heteroatoms. The van der Waals surface area contributed by atoms with Gasteiger partial charge in [0.05, 0.1) is 12.6 Å². The van der Waals surface area contributed by atoms with E-state index in [9.17, 15) is 0 Å². The van der Waals surface area contributed by atoms with Gasteiger partial charge in [-0.15, -0.1) is 24.0 Å². The Hall–Kier alpha value is -0.900. The SMILES string of the molecule is CCNC(=NCCCCCOC1CCCCC1)N(C)Cc1ncnn1C.I. The molecule has 27 heavy (non-hydrogen) atoms. The summed E-state index contributed by atoms with van der Waals surface area (Å²) in [7, 11) is 3.95. The first-order valence-corrected chi connectivity index (χ1v) is 10.1. The molecule has 0 aliphatic heterocycles. The van der Waals surface area contributed by atoms with E-state index >= 15 is 0 Å². The fourth-order valence-electron chi connectivity index (χ4n) is 3.28. The Morgan fingerprint density at radius 2 is 2.07 bits per heavy atom. The van der Waals surface area contributed by atoms with Gasteiger partial charge in [-0.25, -0.2) is 4.98 Å². The van der Waals surface area contributed by atoms with Crippen LogP contribution in [0.5, 0.6) is 0 Å². The minimum atomic E-state index is 0. The maximum atomic E-state index is 5.99. The number of rotatable bonds is 10. The Morgan fingerprint density at radius 3 is 2.74 bits per heavy atom. The number of aryl methyl sites for hydroxylation is 1. The molecule has 2 rings (SSSR count). The molecule has 1 aliphatic rings. The average molecular weight is 492 g/mol. The zero-order valence-corrected chi connectivity index (χ0v) is 19.5. The number of aromatic nitrogens is 3. The van der Waals surface area contributed by atoms with Crippen molar-refractivity contribution in [3.8, 4) is 0 Å². The predicted octanol–water partition coefficient (Wildman–Crippen LogP) is 3.35. The van der Waals surface area contributed by atoms with Crippen LogP contribution in [0.2, 0.25) is 0 Å². The van der Waals surface area contributed by atoms with E-state index in [0.717, 1.165) is 44.3 Å². The number of halogens is 1. The highest BCUT2D eigenvalue weighted by Gasteiger charge is 2.13. The minimum absolute atomic E-state index is 0. The summed E-state index contributed by atoms with van der Waals surface area (Å²) in [6, 6.07) is 0. The standard InChI is InChI=1S/C19H36N6O.HI/c1-4-20-19(24(2)15-18-22-16-23-25(18)3)21-13-9-6-10-14-26-17-11-7-5-8-12-17;/h16-17H,4-15H2,1-3H3,(H,20,21);1H. The summed E-state index contributed by atoms with van der Waals surface area (Å²) in [6.45, 7) is 5.39. The Balaban J connectivity index is 0.00000364. The molecule has 1 heterocycles. The van der Waals surface area contributed by atoms with Crippen LogP contribution in [-0.4, -0.2) is 58.5 Å². The van der Waals surface area contributed by atoms with Crippen molar-refractivity contribution in [1.29, 1.82) is 0 Å². The minimum Gasteiger partial charge on any atom is -0.378 e. The van der Waals surface area contributed by atoms with Gasteiger partial charge in [-0.05, 0) is 39.0 Å². The van der Waals surface area contributed by atoms with Gasteiger partial charge in [0.15, 0.2) is 5.96 Å². The lowest BCUT2D eigenvalue weighted by molar-refractivity contribution is 0.0264. The van der Waals surface area contributed by atoms with Crippen LogP contribution in [0, 0.1) is 0 Å². The molecule has 0 aromatic carbocycles. The summed E-state index contributed by atoms with van der Waals surface area (Å²) >= 11 is 0. The fourth-order valence-corrected chi connectivity index (χ4v) is 3.28. The maximum absolute atomic E-state index is 5.99. The smallest absolute Gasteiger partial charge is 0.194 e. The second-order valence-electron chi connectivity index (χ2n) is 7.08. The fraction of sp³-hybridized carbons (Fsp3) is 0.842. The second kappa shape index (κ2) is 14.1. The normalized spacial score (nSPS) is 15.4. The molecular weight excluding hydrogens is 455 g/mol. The molecule has 0 unspecified atom stereocenters. The molecule has 1 fully saturated rings. The number of hydrogen-bond donors (Lipinski definition) is 1. The number of nitrogens with one attached hydrogen (secondary N) is 1. The summed E-state index contributed by atoms with van der Waals surface area (Å²) in [4.78, 5) is 11.1. The highest BCUT2D eigenvalue weighted by atomic mass is 127. The lowest BCUT2D eigenvalue weighted by Gasteiger charge is -2.22. The van der Waals surface area contributed by atoms with Crippen molar-refractivity contribution in [2.75, 3.05) is 26.7 Å². The van der Waals surface area contributed by atoms with E-state index in [1.54, 1.807) is 11.0 Å². The van der Waals surface area contributed by atoms with Gasteiger partial charge in [0.1, 0.15) is 12.2 Å². The van der Waals surface area contributed by atoms with Crippen LogP contribution in [0.25, 0.3) is 0 Å². The third kappa shape index (κ3) is 9.23. The van der Waals surface area contributed by atoms with Crippen molar-refractivity contribution in [2.45, 2.75) is 70.9 Å². The molecule has 7 nitrogen and oxygen atoms in total. The Labute approximate surface area is 181 Å². The molecule has 156 valence electrons. The largest absolute Gasteiger partial charge is 0.378 e. The topological polar surface area (TPSA) is 67.6 Å². The molecule has 0 spiro atoms. The highest BCUT2D eigenvalue weighted by Crippen LogP contribution is 2.20. The first kappa shape index (κ1) is 24.1. The summed E-state index contributed by atoms with van der Waals surface area (Å²) in [6.07, 6.45) is 12.1. The van der Waals surface area contributed by atoms with Gasteiger partial charge in [0.25, 0.3) is 0 Å². The monoisotopic (exact) mass is 492 g/mol. The Kier molecular flexibility index (Phi) is 12.6. The number of ether oxygens (including phenoxy) is 1. The molecule has 0 atom stereocenters. The lowest BCUT2D eigenvalue weighted by atomic mass is 9.98. The van der Waals surface area contributed by atoms with E-state index in [2.05, 4.69) is 27.2 Å². The van der Waals surface area contributed by atoms with E-state index in [1.807, 2.05) is 14.1 Å². The molecule has 0 amide bonds. The molecule has 0 saturated heterocycles. The van der Waals surface area contributed by atoms with Gasteiger partial charge in [0, 0.05) is 33.8 Å². The van der Waals surface area contributed by atoms with E-state index in [-0.39, 0.29) is 24.0 Å². The molecule has 1 N–H and O–H groups in total. The van der Waals surface area contributed by atoms with Crippen molar-refractivity contribution in [3.63, 3.8) is 0 Å². The first-order valence-electron chi connectivity index (χ1n) is 10.1. The molecule has 1 saturated carbocycles. The van der Waals surface area contributed by atoms with E-state index in [0.29, 0.717) is 12.6 Å². The van der Waals surface area contributed by atoms with Crippen LogP contribution < -0.4 is 5.32 Å². The lowest BCUT2D eigenvalue weighted by Crippen LogP contribution is -2.39. The van der Waals surface area contributed by atoms with Crippen molar-refractivity contribution >= 4 is 29.9 Å². The van der Waals surface area contributed by atoms with Crippen LogP contribution in [0.4, 0.5) is 0 Å². The van der Waals surface area contributed by atoms with E-state index in [1.165, 1.54) is 38.5 Å². The molecule has 1 aromatic heterocycles. The van der Waals surface area contributed by atoms with Crippen LogP contribution in [0.15, 0.2) is 11.3 Å². The van der Waals surface area contributed by atoms with Crippen LogP contribution >= 0.6 is 24.0 Å². The number of unbranched alkanes of at least 4 members (excludes halogenated alkanes) is 2. The molecular formula is C19H37IN6O. The van der Waals surface area contributed by atoms with Crippen LogP contribution in [0.3, 0.4) is 0 Å². The van der Waals surface area contributed by atoms with Crippen LogP contribution in [-0.2, 0) is 18.3 Å². The van der Waals surface area contributed by atoms with E-state index < -0.39 is 0 Å². The Morgan fingerprint density at radius 1 is 1.30 bits per heavy atom. The number of nitrogens with zero attached hydrogens (tertiary/aromatic N) is 5. The third-order valence-electron chi connectivity index (χ3n) is 4.85. The highest BCUT2D eigenvalue weighted by molar-refractivity contribution is 14.0. The quantitative estimate of drug-likeness (QED) is 0.235. The maximum Gasteiger partial charge on any atom is 0.194 e. The van der Waals surface area contributed by atoms with E-state index in [4.69, 9.17) is 9.73 Å². The molecule has 1 aliphatic carbocycles. The van der Waals surface area contributed by atoms with Gasteiger partial charge in [-0.2, -0.15) is 5.10 Å². The van der Waals surface area contributed by atoms with Gasteiger partial charge in [-0.1, -0.05) is 19.3 Å². The summed E-state index contributed by atoms with van der Waals surface area (Å²) in [5.41, 5.74) is 0.